The van der Waals surface area contributed by atoms with Crippen LogP contribution in [0.2, 0.25) is 0 Å². The van der Waals surface area contributed by atoms with Crippen LogP contribution in [-0.2, 0) is 17.6 Å². The van der Waals surface area contributed by atoms with Crippen LogP contribution in [0.5, 0.6) is 0 Å². The Morgan fingerprint density at radius 1 is 1.17 bits per heavy atom. The number of nitrogens with two attached hydrogens (primary N) is 1. The average Bonchev–Trinajstić information content (AvgIpc) is 2.76. The molecule has 2 aromatic heterocycles. The smallest absolute Gasteiger partial charge is 0.303 e. The molecule has 0 aliphatic heterocycles. The van der Waals surface area contributed by atoms with E-state index in [4.69, 9.17) is 10.8 Å². The molecule has 4 N–H and O–H groups in total. The van der Waals surface area contributed by atoms with Crippen LogP contribution in [0, 0.1) is 20.8 Å². The summed E-state index contributed by atoms with van der Waals surface area (Å²) in [4.78, 5) is 24.9. The number of carboxylic acid groups (broad SMARTS) is 1. The van der Waals surface area contributed by atoms with Gasteiger partial charge in [-0.2, -0.15) is 4.98 Å². The highest BCUT2D eigenvalue weighted by Gasteiger charge is 2.12. The molecule has 23 heavy (non-hydrogen) atoms. The average molecular weight is 335 g/mol. The topological polar surface area (TPSA) is 114 Å². The Hall–Kier alpha value is -2.22. The summed E-state index contributed by atoms with van der Waals surface area (Å²) in [7, 11) is 0. The maximum absolute atomic E-state index is 10.8. The maximum atomic E-state index is 10.8. The first-order valence-corrected chi connectivity index (χ1v) is 8.20. The molecule has 0 saturated heterocycles. The molecule has 0 aliphatic rings. The van der Waals surface area contributed by atoms with E-state index in [1.54, 1.807) is 11.3 Å². The van der Waals surface area contributed by atoms with Crippen molar-refractivity contribution in [3.8, 4) is 0 Å². The van der Waals surface area contributed by atoms with E-state index in [0.717, 1.165) is 22.7 Å². The zero-order valence-electron chi connectivity index (χ0n) is 13.5. The van der Waals surface area contributed by atoms with Gasteiger partial charge in [-0.1, -0.05) is 0 Å². The van der Waals surface area contributed by atoms with Crippen molar-refractivity contribution in [1.82, 2.24) is 15.0 Å². The van der Waals surface area contributed by atoms with E-state index in [1.807, 2.05) is 13.8 Å². The van der Waals surface area contributed by atoms with Crippen LogP contribution in [0.3, 0.4) is 0 Å². The Morgan fingerprint density at radius 3 is 2.52 bits per heavy atom. The number of nitrogens with zero attached hydrogens (tertiary/aromatic N) is 3. The van der Waals surface area contributed by atoms with E-state index < -0.39 is 5.97 Å². The fourth-order valence-corrected chi connectivity index (χ4v) is 3.16. The van der Waals surface area contributed by atoms with Crippen LogP contribution >= 0.6 is 11.3 Å². The molecule has 2 heterocycles. The predicted octanol–water partition coefficient (Wildman–Crippen LogP) is 2.11. The zero-order chi connectivity index (χ0) is 17.0. The molecule has 8 heteroatoms. The number of carbonyl (C=O) groups is 1. The molecule has 0 atom stereocenters. The lowest BCUT2D eigenvalue weighted by Gasteiger charge is -2.12. The lowest BCUT2D eigenvalue weighted by Crippen LogP contribution is -2.13. The van der Waals surface area contributed by atoms with Gasteiger partial charge in [0.15, 0.2) is 0 Å². The molecule has 0 spiro atoms. The van der Waals surface area contributed by atoms with Gasteiger partial charge in [-0.25, -0.2) is 9.97 Å². The number of rotatable bonds is 7. The largest absolute Gasteiger partial charge is 0.481 e. The summed E-state index contributed by atoms with van der Waals surface area (Å²) in [5.74, 6) is -0.0489. The molecule has 0 saturated carbocycles. The molecule has 0 radical (unpaired) electrons. The molecular weight excluding hydrogens is 314 g/mol. The van der Waals surface area contributed by atoms with Gasteiger partial charge >= 0.3 is 5.97 Å². The minimum absolute atomic E-state index is 0.0354. The maximum Gasteiger partial charge on any atom is 0.303 e. The Bertz CT molecular complexity index is 695. The van der Waals surface area contributed by atoms with Crippen molar-refractivity contribution in [3.05, 3.63) is 26.8 Å². The summed E-state index contributed by atoms with van der Waals surface area (Å²) < 4.78 is 0. The van der Waals surface area contributed by atoms with Crippen LogP contribution < -0.4 is 11.1 Å². The molecule has 0 unspecified atom stereocenters. The number of carboxylic acids is 1. The number of aryl methyl sites for hydroxylation is 3. The molecular formula is C15H21N5O2S. The number of hydrogen-bond acceptors (Lipinski definition) is 7. The van der Waals surface area contributed by atoms with E-state index in [1.165, 1.54) is 4.88 Å². The Morgan fingerprint density at radius 2 is 1.91 bits per heavy atom. The summed E-state index contributed by atoms with van der Waals surface area (Å²) in [5, 5.41) is 13.2. The molecule has 0 fully saturated rings. The number of nitrogens with one attached hydrogen (secondary N) is 1. The summed E-state index contributed by atoms with van der Waals surface area (Å²) in [6.07, 6.45) is 1.19. The van der Waals surface area contributed by atoms with Gasteiger partial charge in [0.25, 0.3) is 0 Å². The van der Waals surface area contributed by atoms with Crippen LogP contribution in [0.1, 0.15) is 33.3 Å². The number of thiazole rings is 1. The van der Waals surface area contributed by atoms with E-state index in [2.05, 4.69) is 27.2 Å². The zero-order valence-corrected chi connectivity index (χ0v) is 14.3. The molecule has 0 aliphatic carbocycles. The molecule has 7 nitrogen and oxygen atoms in total. The van der Waals surface area contributed by atoms with E-state index in [9.17, 15) is 4.79 Å². The number of aliphatic carboxylic acids is 1. The molecule has 0 amide bonds. The van der Waals surface area contributed by atoms with Crippen molar-refractivity contribution in [1.29, 1.82) is 0 Å². The first-order chi connectivity index (χ1) is 10.9. The minimum atomic E-state index is -0.846. The number of hydrogen-bond donors (Lipinski definition) is 3. The lowest BCUT2D eigenvalue weighted by molar-refractivity contribution is -0.136. The molecule has 124 valence electrons. The first kappa shape index (κ1) is 17.1. The van der Waals surface area contributed by atoms with Crippen molar-refractivity contribution in [2.75, 3.05) is 17.6 Å². The molecule has 0 bridgehead atoms. The highest BCUT2D eigenvalue weighted by molar-refractivity contribution is 7.11. The summed E-state index contributed by atoms with van der Waals surface area (Å²) in [6.45, 7) is 6.53. The fourth-order valence-electron chi connectivity index (χ4n) is 2.23. The second kappa shape index (κ2) is 7.36. The van der Waals surface area contributed by atoms with Gasteiger partial charge in [0.1, 0.15) is 5.82 Å². The second-order valence-electron chi connectivity index (χ2n) is 5.31. The minimum Gasteiger partial charge on any atom is -0.481 e. The van der Waals surface area contributed by atoms with Crippen LogP contribution in [0.4, 0.5) is 11.8 Å². The van der Waals surface area contributed by atoms with Gasteiger partial charge in [-0.15, -0.1) is 11.3 Å². The monoisotopic (exact) mass is 335 g/mol. The first-order valence-electron chi connectivity index (χ1n) is 7.38. The summed E-state index contributed by atoms with van der Waals surface area (Å²) in [5.41, 5.74) is 8.28. The van der Waals surface area contributed by atoms with E-state index in [-0.39, 0.29) is 12.4 Å². The number of anilines is 2. The highest BCUT2D eigenvalue weighted by Crippen LogP contribution is 2.20. The summed E-state index contributed by atoms with van der Waals surface area (Å²) in [6, 6.07) is 0. The normalized spacial score (nSPS) is 10.7. The third-order valence-corrected chi connectivity index (χ3v) is 4.66. The van der Waals surface area contributed by atoms with Crippen LogP contribution in [-0.4, -0.2) is 32.6 Å². The third kappa shape index (κ3) is 4.62. The van der Waals surface area contributed by atoms with E-state index in [0.29, 0.717) is 24.5 Å². The van der Waals surface area contributed by atoms with Gasteiger partial charge in [-0.3, -0.25) is 4.79 Å². The van der Waals surface area contributed by atoms with Crippen molar-refractivity contribution < 1.29 is 9.90 Å². The van der Waals surface area contributed by atoms with Gasteiger partial charge in [0.2, 0.25) is 5.95 Å². The summed E-state index contributed by atoms with van der Waals surface area (Å²) >= 11 is 1.69. The third-order valence-electron chi connectivity index (χ3n) is 3.52. The number of nitrogen functional groups attached to an aromatic ring is 1. The molecule has 0 aromatic carbocycles. The van der Waals surface area contributed by atoms with Crippen molar-refractivity contribution in [3.63, 3.8) is 0 Å². The SMILES string of the molecule is Cc1nc(CCNc2nc(N)nc(C)c2CCC(=O)O)sc1C. The molecule has 2 aromatic rings. The van der Waals surface area contributed by atoms with E-state index >= 15 is 0 Å². The number of aromatic nitrogens is 3. The van der Waals surface area contributed by atoms with Crippen molar-refractivity contribution in [2.45, 2.75) is 40.0 Å². The van der Waals surface area contributed by atoms with Crippen LogP contribution in [0.15, 0.2) is 0 Å². The van der Waals surface area contributed by atoms with Crippen molar-refractivity contribution in [2.24, 2.45) is 0 Å². The van der Waals surface area contributed by atoms with Crippen molar-refractivity contribution >= 4 is 29.1 Å². The second-order valence-corrected chi connectivity index (χ2v) is 6.60. The van der Waals surface area contributed by atoms with Crippen LogP contribution in [0.25, 0.3) is 0 Å². The Kier molecular flexibility index (Phi) is 5.49. The lowest BCUT2D eigenvalue weighted by atomic mass is 10.1. The highest BCUT2D eigenvalue weighted by atomic mass is 32.1. The van der Waals surface area contributed by atoms with Gasteiger partial charge in [0.05, 0.1) is 10.7 Å². The standard InChI is InChI=1S/C15H21N5O2S/c1-8-10(3)23-12(18-8)6-7-17-14-11(4-5-13(21)22)9(2)19-15(16)20-14/h4-7H2,1-3H3,(H,21,22)(H3,16,17,19,20). The quantitative estimate of drug-likeness (QED) is 0.710. The fraction of sp³-hybridized carbons (Fsp3) is 0.467. The Balaban J connectivity index is 2.06. The predicted molar refractivity (Wildman–Crippen MR) is 90.9 cm³/mol. The van der Waals surface area contributed by atoms with Gasteiger partial charge in [0, 0.05) is 35.5 Å². The Labute approximate surface area is 139 Å². The van der Waals surface area contributed by atoms with Gasteiger partial charge in [-0.05, 0) is 27.2 Å². The van der Waals surface area contributed by atoms with Gasteiger partial charge < -0.3 is 16.2 Å². The molecule has 2 rings (SSSR count).